The maximum Gasteiger partial charge on any atom is 0.0502 e. The number of hydrogen-bond acceptors (Lipinski definition) is 2. The number of aliphatic hydroxyl groups is 1. The first-order valence-corrected chi connectivity index (χ1v) is 3.89. The van der Waals surface area contributed by atoms with E-state index < -0.39 is 0 Å². The zero-order chi connectivity index (χ0) is 7.83. The van der Waals surface area contributed by atoms with E-state index in [2.05, 4.69) is 13.8 Å². The molecule has 0 saturated heterocycles. The van der Waals surface area contributed by atoms with E-state index in [4.69, 9.17) is 10.8 Å². The van der Waals surface area contributed by atoms with Gasteiger partial charge in [-0.1, -0.05) is 13.8 Å². The minimum Gasteiger partial charge on any atom is -0.396 e. The van der Waals surface area contributed by atoms with Gasteiger partial charge in [-0.25, -0.2) is 0 Å². The van der Waals surface area contributed by atoms with Crippen molar-refractivity contribution in [1.29, 1.82) is 0 Å². The minimum absolute atomic E-state index is 0.0347. The molecule has 0 bridgehead atoms. The van der Waals surface area contributed by atoms with Gasteiger partial charge in [-0.3, -0.25) is 0 Å². The normalized spacial score (nSPS) is 27.6. The summed E-state index contributed by atoms with van der Waals surface area (Å²) in [6.45, 7) is 5.09. The van der Waals surface area contributed by atoms with Gasteiger partial charge in [-0.05, 0) is 18.3 Å². The zero-order valence-electron chi connectivity index (χ0n) is 6.85. The first kappa shape index (κ1) is 8.02. The third-order valence-electron chi connectivity index (χ3n) is 3.26. The number of nitrogens with two attached hydrogens (primary N) is 1. The summed E-state index contributed by atoms with van der Waals surface area (Å²) >= 11 is 0. The van der Waals surface area contributed by atoms with Gasteiger partial charge in [-0.2, -0.15) is 0 Å². The van der Waals surface area contributed by atoms with Gasteiger partial charge in [0.2, 0.25) is 0 Å². The SMILES string of the molecule is CC(CN)(CO)C1(C)CC1. The minimum atomic E-state index is -0.0347. The lowest BCUT2D eigenvalue weighted by Crippen LogP contribution is -2.38. The highest BCUT2D eigenvalue weighted by molar-refractivity contribution is 5.02. The molecule has 1 unspecified atom stereocenters. The molecule has 1 fully saturated rings. The number of rotatable bonds is 3. The number of hydrogen-bond donors (Lipinski definition) is 2. The van der Waals surface area contributed by atoms with Crippen molar-refractivity contribution in [3.63, 3.8) is 0 Å². The smallest absolute Gasteiger partial charge is 0.0502 e. The Morgan fingerprint density at radius 2 is 2.10 bits per heavy atom. The Morgan fingerprint density at radius 1 is 1.60 bits per heavy atom. The molecule has 1 rings (SSSR count). The Hall–Kier alpha value is -0.0800. The molecule has 1 aliphatic carbocycles. The van der Waals surface area contributed by atoms with Gasteiger partial charge in [0, 0.05) is 12.0 Å². The summed E-state index contributed by atoms with van der Waals surface area (Å²) in [5.74, 6) is 0. The van der Waals surface area contributed by atoms with Crippen LogP contribution in [0.25, 0.3) is 0 Å². The van der Waals surface area contributed by atoms with Crippen LogP contribution in [-0.2, 0) is 0 Å². The highest BCUT2D eigenvalue weighted by atomic mass is 16.3. The van der Waals surface area contributed by atoms with Crippen LogP contribution in [0.5, 0.6) is 0 Å². The van der Waals surface area contributed by atoms with Gasteiger partial charge in [0.15, 0.2) is 0 Å². The monoisotopic (exact) mass is 143 g/mol. The molecule has 2 nitrogen and oxygen atoms in total. The second kappa shape index (κ2) is 2.21. The summed E-state index contributed by atoms with van der Waals surface area (Å²) in [7, 11) is 0. The molecule has 3 N–H and O–H groups in total. The third-order valence-corrected chi connectivity index (χ3v) is 3.26. The van der Waals surface area contributed by atoms with Crippen molar-refractivity contribution < 1.29 is 5.11 Å². The zero-order valence-corrected chi connectivity index (χ0v) is 6.85. The fourth-order valence-electron chi connectivity index (χ4n) is 1.29. The van der Waals surface area contributed by atoms with Gasteiger partial charge in [0.25, 0.3) is 0 Å². The fourth-order valence-corrected chi connectivity index (χ4v) is 1.29. The molecular formula is C8H17NO. The standard InChI is InChI=1S/C8H17NO/c1-7(3-4-7)8(2,5-9)6-10/h10H,3-6,9H2,1-2H3. The molecule has 0 aromatic heterocycles. The van der Waals surface area contributed by atoms with E-state index in [-0.39, 0.29) is 12.0 Å². The van der Waals surface area contributed by atoms with Crippen molar-refractivity contribution in [2.24, 2.45) is 16.6 Å². The van der Waals surface area contributed by atoms with Crippen LogP contribution in [0.2, 0.25) is 0 Å². The van der Waals surface area contributed by atoms with E-state index in [1.165, 1.54) is 12.8 Å². The summed E-state index contributed by atoms with van der Waals surface area (Å²) in [6.07, 6.45) is 2.45. The van der Waals surface area contributed by atoms with Crippen LogP contribution in [0.3, 0.4) is 0 Å². The predicted molar refractivity (Wildman–Crippen MR) is 41.6 cm³/mol. The second-order valence-corrected chi connectivity index (χ2v) is 3.98. The van der Waals surface area contributed by atoms with Crippen molar-refractivity contribution in [1.82, 2.24) is 0 Å². The summed E-state index contributed by atoms with van der Waals surface area (Å²) < 4.78 is 0. The van der Waals surface area contributed by atoms with Crippen molar-refractivity contribution in [2.45, 2.75) is 26.7 Å². The highest BCUT2D eigenvalue weighted by Crippen LogP contribution is 2.57. The van der Waals surface area contributed by atoms with E-state index in [0.29, 0.717) is 12.0 Å². The lowest BCUT2D eigenvalue weighted by Gasteiger charge is -2.32. The summed E-state index contributed by atoms with van der Waals surface area (Å²) in [5.41, 5.74) is 5.88. The molecule has 0 radical (unpaired) electrons. The van der Waals surface area contributed by atoms with Crippen LogP contribution in [0, 0.1) is 10.8 Å². The molecular weight excluding hydrogens is 126 g/mol. The van der Waals surface area contributed by atoms with Gasteiger partial charge in [0.05, 0.1) is 6.61 Å². The van der Waals surface area contributed by atoms with Crippen molar-refractivity contribution in [2.75, 3.05) is 13.2 Å². The highest BCUT2D eigenvalue weighted by Gasteiger charge is 2.51. The largest absolute Gasteiger partial charge is 0.396 e. The summed E-state index contributed by atoms with van der Waals surface area (Å²) in [4.78, 5) is 0. The predicted octanol–water partition coefficient (Wildman–Crippen LogP) is 0.744. The van der Waals surface area contributed by atoms with E-state index in [1.807, 2.05) is 0 Å². The molecule has 60 valence electrons. The fraction of sp³-hybridized carbons (Fsp3) is 1.00. The molecule has 0 aromatic rings. The Morgan fingerprint density at radius 3 is 2.20 bits per heavy atom. The lowest BCUT2D eigenvalue weighted by molar-refractivity contribution is 0.0807. The third kappa shape index (κ3) is 0.956. The lowest BCUT2D eigenvalue weighted by atomic mass is 9.76. The van der Waals surface area contributed by atoms with E-state index in [0.717, 1.165) is 0 Å². The maximum absolute atomic E-state index is 9.08. The molecule has 0 heterocycles. The van der Waals surface area contributed by atoms with Crippen LogP contribution in [0.4, 0.5) is 0 Å². The summed E-state index contributed by atoms with van der Waals surface area (Å²) in [5, 5.41) is 9.08. The van der Waals surface area contributed by atoms with Gasteiger partial charge < -0.3 is 10.8 Å². The summed E-state index contributed by atoms with van der Waals surface area (Å²) in [6, 6.07) is 0. The van der Waals surface area contributed by atoms with Crippen molar-refractivity contribution >= 4 is 0 Å². The Labute approximate surface area is 62.4 Å². The molecule has 0 aromatic carbocycles. The van der Waals surface area contributed by atoms with Gasteiger partial charge in [-0.15, -0.1) is 0 Å². The first-order chi connectivity index (χ1) is 4.58. The molecule has 1 atom stereocenters. The van der Waals surface area contributed by atoms with Gasteiger partial charge >= 0.3 is 0 Å². The van der Waals surface area contributed by atoms with E-state index >= 15 is 0 Å². The van der Waals surface area contributed by atoms with Crippen molar-refractivity contribution in [3.8, 4) is 0 Å². The number of aliphatic hydroxyl groups excluding tert-OH is 1. The molecule has 1 aliphatic rings. The first-order valence-electron chi connectivity index (χ1n) is 3.89. The molecule has 0 amide bonds. The molecule has 0 aliphatic heterocycles. The van der Waals surface area contributed by atoms with Crippen molar-refractivity contribution in [3.05, 3.63) is 0 Å². The topological polar surface area (TPSA) is 46.2 Å². The van der Waals surface area contributed by atoms with Crippen LogP contribution < -0.4 is 5.73 Å². The average Bonchev–Trinajstić information content (AvgIpc) is 2.68. The van der Waals surface area contributed by atoms with Gasteiger partial charge in [0.1, 0.15) is 0 Å². The molecule has 2 heteroatoms. The second-order valence-electron chi connectivity index (χ2n) is 3.98. The van der Waals surface area contributed by atoms with Crippen LogP contribution in [0.1, 0.15) is 26.7 Å². The molecule has 10 heavy (non-hydrogen) atoms. The quantitative estimate of drug-likeness (QED) is 0.612. The van der Waals surface area contributed by atoms with Crippen LogP contribution in [-0.4, -0.2) is 18.3 Å². The van der Waals surface area contributed by atoms with Crippen LogP contribution in [0.15, 0.2) is 0 Å². The maximum atomic E-state index is 9.08. The molecule has 0 spiro atoms. The Balaban J connectivity index is 2.63. The average molecular weight is 143 g/mol. The van der Waals surface area contributed by atoms with E-state index in [9.17, 15) is 0 Å². The Bertz CT molecular complexity index is 125. The molecule has 1 saturated carbocycles. The Kier molecular flexibility index (Phi) is 1.77. The van der Waals surface area contributed by atoms with Crippen LogP contribution >= 0.6 is 0 Å². The van der Waals surface area contributed by atoms with E-state index in [1.54, 1.807) is 0 Å².